The van der Waals surface area contributed by atoms with Crippen LogP contribution in [-0.4, -0.2) is 22.8 Å². The summed E-state index contributed by atoms with van der Waals surface area (Å²) in [6, 6.07) is 12.4. The van der Waals surface area contributed by atoms with Gasteiger partial charge < -0.3 is 5.73 Å². The lowest BCUT2D eigenvalue weighted by Gasteiger charge is -2.21. The van der Waals surface area contributed by atoms with Gasteiger partial charge in [0.1, 0.15) is 6.04 Å². The monoisotopic (exact) mass is 337 g/mol. The number of benzene rings is 2. The number of nitrogens with two attached hydrogens (primary N) is 1. The second kappa shape index (κ2) is 6.56. The van der Waals surface area contributed by atoms with Crippen molar-refractivity contribution in [2.24, 2.45) is 5.73 Å². The van der Waals surface area contributed by atoms with E-state index in [1.165, 1.54) is 23.1 Å². The van der Waals surface area contributed by atoms with Gasteiger partial charge in [0.15, 0.2) is 0 Å². The molecule has 1 aliphatic rings. The van der Waals surface area contributed by atoms with Crippen molar-refractivity contribution in [2.75, 3.05) is 4.90 Å². The van der Waals surface area contributed by atoms with Gasteiger partial charge in [-0.3, -0.25) is 24.6 Å². The lowest BCUT2D eigenvalue weighted by Crippen LogP contribution is -2.45. The molecule has 25 heavy (non-hydrogen) atoms. The molecule has 0 saturated carbocycles. The average molecular weight is 337 g/mol. The Labute approximate surface area is 143 Å². The maximum Gasteiger partial charge on any atom is 0.269 e. The second-order valence-electron chi connectivity index (χ2n) is 5.64. The van der Waals surface area contributed by atoms with E-state index in [0.29, 0.717) is 17.7 Å². The number of para-hydroxylation sites is 1. The van der Waals surface area contributed by atoms with E-state index in [0.717, 1.165) is 5.56 Å². The number of rotatable bonds is 4. The molecule has 7 heteroatoms. The molecule has 0 spiro atoms. The average Bonchev–Trinajstić information content (AvgIpc) is 3.00. The molecule has 2 amide bonds. The largest absolute Gasteiger partial charge is 0.368 e. The van der Waals surface area contributed by atoms with Crippen LogP contribution in [-0.2, 0) is 16.0 Å². The predicted molar refractivity (Wildman–Crippen MR) is 92.7 cm³/mol. The summed E-state index contributed by atoms with van der Waals surface area (Å²) in [4.78, 5) is 35.8. The minimum Gasteiger partial charge on any atom is -0.368 e. The van der Waals surface area contributed by atoms with Crippen LogP contribution in [0.2, 0.25) is 0 Å². The molecule has 0 radical (unpaired) electrons. The van der Waals surface area contributed by atoms with Crippen LogP contribution in [0, 0.1) is 10.1 Å². The van der Waals surface area contributed by atoms with Crippen LogP contribution in [0.4, 0.5) is 11.4 Å². The summed E-state index contributed by atoms with van der Waals surface area (Å²) >= 11 is 0. The lowest BCUT2D eigenvalue weighted by molar-refractivity contribution is -0.384. The molecule has 1 unspecified atom stereocenters. The Morgan fingerprint density at radius 2 is 1.84 bits per heavy atom. The van der Waals surface area contributed by atoms with Gasteiger partial charge in [-0.05, 0) is 35.4 Å². The van der Waals surface area contributed by atoms with Gasteiger partial charge in [-0.15, -0.1) is 0 Å². The number of carbonyl (C=O) groups excluding carboxylic acids is 2. The molecule has 7 nitrogen and oxygen atoms in total. The Balaban J connectivity index is 1.83. The van der Waals surface area contributed by atoms with Gasteiger partial charge in [0.2, 0.25) is 5.91 Å². The number of anilines is 1. The van der Waals surface area contributed by atoms with Crippen LogP contribution in [0.3, 0.4) is 0 Å². The van der Waals surface area contributed by atoms with Crippen molar-refractivity contribution in [3.8, 4) is 0 Å². The van der Waals surface area contributed by atoms with Crippen molar-refractivity contribution in [3.63, 3.8) is 0 Å². The van der Waals surface area contributed by atoms with E-state index >= 15 is 0 Å². The summed E-state index contributed by atoms with van der Waals surface area (Å²) in [6.45, 7) is 0. The number of amides is 2. The molecule has 126 valence electrons. The number of non-ortho nitro benzene ring substituents is 1. The van der Waals surface area contributed by atoms with E-state index in [4.69, 9.17) is 5.73 Å². The Bertz CT molecular complexity index is 874. The molecule has 0 aromatic heterocycles. The van der Waals surface area contributed by atoms with Crippen molar-refractivity contribution in [1.82, 2.24) is 0 Å². The highest BCUT2D eigenvalue weighted by Crippen LogP contribution is 2.32. The number of nitro groups is 1. The third-order valence-corrected chi connectivity index (χ3v) is 4.06. The first kappa shape index (κ1) is 16.4. The molecule has 1 heterocycles. The molecule has 3 rings (SSSR count). The maximum atomic E-state index is 12.6. The van der Waals surface area contributed by atoms with E-state index in [2.05, 4.69) is 0 Å². The summed E-state index contributed by atoms with van der Waals surface area (Å²) < 4.78 is 0. The number of nitrogens with zero attached hydrogens (tertiary/aromatic N) is 2. The fourth-order valence-electron chi connectivity index (χ4n) is 2.84. The Morgan fingerprint density at radius 3 is 2.48 bits per heavy atom. The zero-order chi connectivity index (χ0) is 18.0. The third kappa shape index (κ3) is 3.25. The summed E-state index contributed by atoms with van der Waals surface area (Å²) in [7, 11) is 0. The number of nitro benzene ring substituents is 1. The minimum absolute atomic E-state index is 0.0225. The molecule has 0 aliphatic carbocycles. The van der Waals surface area contributed by atoms with Gasteiger partial charge in [-0.25, -0.2) is 0 Å². The molecular formula is C18H15N3O4. The van der Waals surface area contributed by atoms with Crippen molar-refractivity contribution >= 4 is 29.3 Å². The first-order chi connectivity index (χ1) is 12.0. The van der Waals surface area contributed by atoms with Gasteiger partial charge in [0.25, 0.3) is 11.6 Å². The molecule has 2 N–H and O–H groups in total. The number of hydrogen-bond acceptors (Lipinski definition) is 4. The molecular weight excluding hydrogens is 322 g/mol. The normalized spacial score (nSPS) is 16.0. The zero-order valence-electron chi connectivity index (χ0n) is 13.2. The number of hydrogen-bond donors (Lipinski definition) is 1. The van der Waals surface area contributed by atoms with Gasteiger partial charge in [-0.2, -0.15) is 0 Å². The van der Waals surface area contributed by atoms with Crippen LogP contribution >= 0.6 is 0 Å². The minimum atomic E-state index is -0.716. The van der Waals surface area contributed by atoms with Gasteiger partial charge >= 0.3 is 0 Å². The molecule has 1 aliphatic heterocycles. The number of carbonyl (C=O) groups is 2. The molecule has 2 aromatic rings. The van der Waals surface area contributed by atoms with Crippen molar-refractivity contribution in [3.05, 3.63) is 75.8 Å². The van der Waals surface area contributed by atoms with Crippen LogP contribution in [0.15, 0.2) is 54.6 Å². The lowest BCUT2D eigenvalue weighted by atomic mass is 10.1. The highest BCUT2D eigenvalue weighted by atomic mass is 16.6. The van der Waals surface area contributed by atoms with E-state index in [1.807, 2.05) is 12.1 Å². The number of primary amides is 1. The van der Waals surface area contributed by atoms with Crippen LogP contribution in [0.5, 0.6) is 0 Å². The maximum absolute atomic E-state index is 12.6. The van der Waals surface area contributed by atoms with Gasteiger partial charge in [0.05, 0.1) is 4.92 Å². The Morgan fingerprint density at radius 1 is 1.16 bits per heavy atom. The topological polar surface area (TPSA) is 107 Å². The smallest absolute Gasteiger partial charge is 0.269 e. The first-order valence-electron chi connectivity index (χ1n) is 7.60. The van der Waals surface area contributed by atoms with Crippen LogP contribution in [0.25, 0.3) is 6.08 Å². The first-order valence-corrected chi connectivity index (χ1v) is 7.60. The van der Waals surface area contributed by atoms with Gasteiger partial charge in [0, 0.05) is 30.3 Å². The SMILES string of the molecule is NC(=O)C1Cc2ccccc2N1C(=O)/C=C\c1ccc([N+](=O)[O-])cc1. The third-order valence-electron chi connectivity index (χ3n) is 4.06. The van der Waals surface area contributed by atoms with Crippen molar-refractivity contribution in [2.45, 2.75) is 12.5 Å². The highest BCUT2D eigenvalue weighted by molar-refractivity contribution is 6.09. The Hall–Kier alpha value is -3.48. The van der Waals surface area contributed by atoms with Gasteiger partial charge in [-0.1, -0.05) is 18.2 Å². The number of fused-ring (bicyclic) bond motifs is 1. The quantitative estimate of drug-likeness (QED) is 0.523. The highest BCUT2D eigenvalue weighted by Gasteiger charge is 2.36. The Kier molecular flexibility index (Phi) is 4.30. The predicted octanol–water partition coefficient (Wildman–Crippen LogP) is 2.05. The summed E-state index contributed by atoms with van der Waals surface area (Å²) in [6.07, 6.45) is 3.27. The second-order valence-corrected chi connectivity index (χ2v) is 5.64. The summed E-state index contributed by atoms with van der Waals surface area (Å²) in [5.74, 6) is -0.930. The summed E-state index contributed by atoms with van der Waals surface area (Å²) in [5.41, 5.74) is 7.62. The zero-order valence-corrected chi connectivity index (χ0v) is 13.2. The van der Waals surface area contributed by atoms with Crippen LogP contribution < -0.4 is 10.6 Å². The standard InChI is InChI=1S/C18H15N3O4/c19-18(23)16-11-13-3-1-2-4-15(13)20(16)17(22)10-7-12-5-8-14(9-6-12)21(24)25/h1-10,16H,11H2,(H2,19,23)/b10-7-. The summed E-state index contributed by atoms with van der Waals surface area (Å²) in [5, 5.41) is 10.7. The fraction of sp³-hybridized carbons (Fsp3) is 0.111. The van der Waals surface area contributed by atoms with Crippen LogP contribution in [0.1, 0.15) is 11.1 Å². The van der Waals surface area contributed by atoms with E-state index in [9.17, 15) is 19.7 Å². The van der Waals surface area contributed by atoms with Crippen molar-refractivity contribution in [1.29, 1.82) is 0 Å². The molecule has 1 atom stereocenters. The van der Waals surface area contributed by atoms with E-state index < -0.39 is 16.9 Å². The molecule has 0 bridgehead atoms. The molecule has 2 aromatic carbocycles. The van der Waals surface area contributed by atoms with E-state index in [1.54, 1.807) is 30.3 Å². The van der Waals surface area contributed by atoms with Crippen molar-refractivity contribution < 1.29 is 14.5 Å². The van der Waals surface area contributed by atoms with E-state index in [-0.39, 0.29) is 11.6 Å². The molecule has 0 fully saturated rings. The fourth-order valence-corrected chi connectivity index (χ4v) is 2.84. The molecule has 0 saturated heterocycles.